The molecule has 0 aromatic carbocycles. The zero-order chi connectivity index (χ0) is 6.95. The molecule has 0 unspecified atom stereocenters. The summed E-state index contributed by atoms with van der Waals surface area (Å²) in [7, 11) is 0. The van der Waals surface area contributed by atoms with Crippen LogP contribution < -0.4 is 0 Å². The van der Waals surface area contributed by atoms with E-state index in [-0.39, 0.29) is 0 Å². The Balaban J connectivity index is 2.75. The number of halogens is 1. The van der Waals surface area contributed by atoms with Crippen molar-refractivity contribution in [3.63, 3.8) is 0 Å². The summed E-state index contributed by atoms with van der Waals surface area (Å²) in [6.07, 6.45) is 8.83. The second kappa shape index (κ2) is 8.22. The monoisotopic (exact) mass is 190 g/mol. The minimum Gasteiger partial charge on any atom is -0.0776 e. The van der Waals surface area contributed by atoms with Gasteiger partial charge in [0.05, 0.1) is 0 Å². The van der Waals surface area contributed by atoms with Crippen molar-refractivity contribution in [1.82, 2.24) is 0 Å². The maximum Gasteiger partial charge on any atom is -0.0229 e. The van der Waals surface area contributed by atoms with E-state index in [4.69, 9.17) is 0 Å². The quantitative estimate of drug-likeness (QED) is 0.578. The first-order valence-corrected chi connectivity index (χ1v) is 4.58. The smallest absolute Gasteiger partial charge is 0.0229 e. The highest BCUT2D eigenvalue weighted by molar-refractivity contribution is 9.11. The van der Waals surface area contributed by atoms with Gasteiger partial charge in [0.15, 0.2) is 0 Å². The van der Waals surface area contributed by atoms with Gasteiger partial charge in [0.1, 0.15) is 0 Å². The summed E-state index contributed by atoms with van der Waals surface area (Å²) in [4.78, 5) is 1.94. The third kappa shape index (κ3) is 8.22. The van der Waals surface area contributed by atoms with Crippen molar-refractivity contribution in [2.45, 2.75) is 39.0 Å². The van der Waals surface area contributed by atoms with E-state index in [9.17, 15) is 0 Å². The van der Waals surface area contributed by atoms with Crippen LogP contribution in [0.1, 0.15) is 39.0 Å². The molecule has 54 valence electrons. The lowest BCUT2D eigenvalue weighted by molar-refractivity contribution is 0.675. The normalized spacial score (nSPS) is 10.9. The molecule has 1 heteroatoms. The van der Waals surface area contributed by atoms with Crippen molar-refractivity contribution in [3.05, 3.63) is 11.1 Å². The Kier molecular flexibility index (Phi) is 8.42. The molecule has 0 bridgehead atoms. The second-order valence-electron chi connectivity index (χ2n) is 2.21. The minimum atomic E-state index is 1.23. The maximum absolute atomic E-state index is 3.24. The summed E-state index contributed by atoms with van der Waals surface area (Å²) in [5.74, 6) is 0. The molecule has 0 aromatic heterocycles. The fourth-order valence-electron chi connectivity index (χ4n) is 0.752. The van der Waals surface area contributed by atoms with Crippen LogP contribution in [0.3, 0.4) is 0 Å². The molecule has 0 heterocycles. The number of hydrogen-bond donors (Lipinski definition) is 0. The van der Waals surface area contributed by atoms with E-state index in [0.29, 0.717) is 0 Å². The summed E-state index contributed by atoms with van der Waals surface area (Å²) in [5.41, 5.74) is 0. The molecule has 0 saturated carbocycles. The molecule has 0 rings (SSSR count). The first kappa shape index (κ1) is 9.22. The zero-order valence-electron chi connectivity index (χ0n) is 6.07. The first-order valence-electron chi connectivity index (χ1n) is 3.67. The average molecular weight is 191 g/mol. The van der Waals surface area contributed by atoms with E-state index in [1.807, 2.05) is 4.99 Å². The second-order valence-corrected chi connectivity index (χ2v) is 2.74. The molecule has 0 atom stereocenters. The fraction of sp³-hybridized carbons (Fsp3) is 0.750. The minimum absolute atomic E-state index is 1.23. The number of unbranched alkanes of at least 4 members (excludes halogenated alkanes) is 4. The molecular weight excluding hydrogens is 176 g/mol. The predicted molar refractivity (Wildman–Crippen MR) is 46.8 cm³/mol. The summed E-state index contributed by atoms with van der Waals surface area (Å²) >= 11 is 3.24. The third-order valence-electron chi connectivity index (χ3n) is 1.31. The molecule has 0 aliphatic rings. The molecule has 0 radical (unpaired) electrons. The molecule has 0 aromatic rings. The van der Waals surface area contributed by atoms with Crippen molar-refractivity contribution in [3.8, 4) is 0 Å². The fourth-order valence-corrected chi connectivity index (χ4v) is 1.02. The lowest BCUT2D eigenvalue weighted by Crippen LogP contribution is -1.72. The Morgan fingerprint density at radius 2 is 2.00 bits per heavy atom. The highest BCUT2D eigenvalue weighted by Gasteiger charge is 1.82. The number of hydrogen-bond acceptors (Lipinski definition) is 0. The van der Waals surface area contributed by atoms with Gasteiger partial charge in [0.2, 0.25) is 0 Å². The molecular formula is C8H15Br. The number of allylic oxidation sites excluding steroid dienone is 1. The van der Waals surface area contributed by atoms with Crippen LogP contribution in [0.15, 0.2) is 11.1 Å². The average Bonchev–Trinajstić information content (AvgIpc) is 1.89. The van der Waals surface area contributed by atoms with Gasteiger partial charge in [-0.2, -0.15) is 0 Å². The van der Waals surface area contributed by atoms with E-state index in [0.717, 1.165) is 0 Å². The van der Waals surface area contributed by atoms with Gasteiger partial charge in [-0.05, 0) is 17.8 Å². The van der Waals surface area contributed by atoms with Crippen molar-refractivity contribution in [2.75, 3.05) is 0 Å². The van der Waals surface area contributed by atoms with E-state index in [2.05, 4.69) is 28.9 Å². The van der Waals surface area contributed by atoms with Crippen LogP contribution in [0, 0.1) is 0 Å². The molecule has 0 fully saturated rings. The van der Waals surface area contributed by atoms with Gasteiger partial charge >= 0.3 is 0 Å². The standard InChI is InChI=1S/C8H15Br/c1-2-3-4-5-6-7-8-9/h7-8H,2-6H2,1H3/b8-7+. The summed E-state index contributed by atoms with van der Waals surface area (Å²) < 4.78 is 0. The van der Waals surface area contributed by atoms with Gasteiger partial charge < -0.3 is 0 Å². The Morgan fingerprint density at radius 3 is 2.56 bits per heavy atom. The van der Waals surface area contributed by atoms with Crippen LogP contribution in [-0.4, -0.2) is 0 Å². The highest BCUT2D eigenvalue weighted by atomic mass is 79.9. The summed E-state index contributed by atoms with van der Waals surface area (Å²) in [5, 5.41) is 0. The van der Waals surface area contributed by atoms with Gasteiger partial charge in [0, 0.05) is 0 Å². The van der Waals surface area contributed by atoms with E-state index in [1.54, 1.807) is 0 Å². The lowest BCUT2D eigenvalue weighted by Gasteiger charge is -1.92. The van der Waals surface area contributed by atoms with Crippen molar-refractivity contribution < 1.29 is 0 Å². The van der Waals surface area contributed by atoms with Crippen LogP contribution >= 0.6 is 15.9 Å². The molecule has 0 N–H and O–H groups in total. The molecule has 0 spiro atoms. The largest absolute Gasteiger partial charge is 0.0776 e. The third-order valence-corrected chi connectivity index (χ3v) is 1.69. The van der Waals surface area contributed by atoms with Gasteiger partial charge in [-0.25, -0.2) is 0 Å². The Bertz CT molecular complexity index is 67.0. The van der Waals surface area contributed by atoms with Crippen LogP contribution in [0.4, 0.5) is 0 Å². The predicted octanol–water partition coefficient (Wildman–Crippen LogP) is 3.87. The molecule has 0 aliphatic carbocycles. The summed E-state index contributed by atoms with van der Waals surface area (Å²) in [6.45, 7) is 2.24. The molecule has 0 aliphatic heterocycles. The lowest BCUT2D eigenvalue weighted by atomic mass is 10.2. The van der Waals surface area contributed by atoms with Gasteiger partial charge in [-0.1, -0.05) is 48.2 Å². The SMILES string of the molecule is CCCCCC/C=C/Br. The van der Waals surface area contributed by atoms with Crippen molar-refractivity contribution >= 4 is 15.9 Å². The molecule has 0 nitrogen and oxygen atoms in total. The Labute approximate surface area is 66.5 Å². The maximum atomic E-state index is 3.24. The van der Waals surface area contributed by atoms with E-state index in [1.165, 1.54) is 32.1 Å². The molecule has 0 saturated heterocycles. The van der Waals surface area contributed by atoms with Crippen LogP contribution in [-0.2, 0) is 0 Å². The van der Waals surface area contributed by atoms with Crippen LogP contribution in [0.2, 0.25) is 0 Å². The van der Waals surface area contributed by atoms with E-state index >= 15 is 0 Å². The van der Waals surface area contributed by atoms with Crippen molar-refractivity contribution in [1.29, 1.82) is 0 Å². The topological polar surface area (TPSA) is 0 Å². The molecule has 0 amide bonds. The first-order chi connectivity index (χ1) is 4.41. The van der Waals surface area contributed by atoms with Gasteiger partial charge in [-0.3, -0.25) is 0 Å². The van der Waals surface area contributed by atoms with Gasteiger partial charge in [-0.15, -0.1) is 0 Å². The van der Waals surface area contributed by atoms with E-state index < -0.39 is 0 Å². The Hall–Kier alpha value is 0.220. The van der Waals surface area contributed by atoms with Crippen LogP contribution in [0.5, 0.6) is 0 Å². The number of rotatable bonds is 5. The molecule has 9 heavy (non-hydrogen) atoms. The Morgan fingerprint density at radius 1 is 1.22 bits per heavy atom. The summed E-state index contributed by atoms with van der Waals surface area (Å²) in [6, 6.07) is 0. The van der Waals surface area contributed by atoms with Gasteiger partial charge in [0.25, 0.3) is 0 Å². The zero-order valence-corrected chi connectivity index (χ0v) is 7.65. The van der Waals surface area contributed by atoms with Crippen LogP contribution in [0.25, 0.3) is 0 Å². The van der Waals surface area contributed by atoms with Crippen molar-refractivity contribution in [2.24, 2.45) is 0 Å². The highest BCUT2D eigenvalue weighted by Crippen LogP contribution is 2.03.